The maximum atomic E-state index is 15.6. The molecule has 5 aliphatic heterocycles. The first-order valence-electron chi connectivity index (χ1n) is 37.1. The average Bonchev–Trinajstić information content (AvgIpc) is 0.942. The SMILES string of the molecule is O=C(OC[C@@H]1O[C@H](OC(=O)c2cc(O)c(O)c(O)c2)[C@H]2OC(=O)c3cc(O)c(O)c(O)c3-c3c(cc(O)c(O)c3O)C(=O)O[C@H]2[C@H]1OC(=O)c1cc(O)c(O)c(O)c1Oc1cc2c(c(O)c1O)-c1c(cc(O)c(O)c1O)C(=O)O[C@H]1[C@H]3OC(=O)c4cc(O)c(O)c(O)c4-c4c(cc(O)c(O)c4O)C(=O)O[C@H]3[C@H](OC(=O)c3cc(O)c(O)c(O)c3)O[C@@H]1COC2=O)c1cc(O)c(O)c(O)c1. The number of ether oxygens (including phenoxy) is 13. The van der Waals surface area contributed by atoms with Crippen molar-refractivity contribution in [3.8, 4) is 212 Å². The summed E-state index contributed by atoms with van der Waals surface area (Å²) in [6.45, 7) is -3.30. The molecule has 52 heteroatoms. The number of benzene rings is 10. The van der Waals surface area contributed by atoms with E-state index in [-0.39, 0.29) is 36.4 Å². The molecule has 29 N–H and O–H groups in total. The van der Waals surface area contributed by atoms with Crippen molar-refractivity contribution in [3.63, 3.8) is 0 Å². The molecular formula is C82H56O52. The molecule has 2 saturated heterocycles. The Hall–Kier alpha value is -19.2. The molecule has 5 aliphatic rings. The molecule has 0 radical (unpaired) electrons. The fraction of sp³-hybridized carbons (Fsp3) is 0.146. The number of phenols is 29. The summed E-state index contributed by atoms with van der Waals surface area (Å²) in [6.07, 6.45) is -28.4. The number of aromatic hydroxyl groups is 29. The van der Waals surface area contributed by atoms with Gasteiger partial charge in [0.1, 0.15) is 31.0 Å². The third kappa shape index (κ3) is 15.0. The second-order valence-corrected chi connectivity index (χ2v) is 29.0. The van der Waals surface area contributed by atoms with Crippen molar-refractivity contribution in [1.82, 2.24) is 0 Å². The normalized spacial score (nSPS) is 19.5. The summed E-state index contributed by atoms with van der Waals surface area (Å²) in [5, 5.41) is 319. The van der Waals surface area contributed by atoms with E-state index >= 15 is 28.8 Å². The van der Waals surface area contributed by atoms with E-state index in [1.54, 1.807) is 0 Å². The summed E-state index contributed by atoms with van der Waals surface area (Å²) in [7, 11) is 0. The Morgan fingerprint density at radius 3 is 0.940 bits per heavy atom. The van der Waals surface area contributed by atoms with Crippen molar-refractivity contribution in [1.29, 1.82) is 0 Å². The monoisotopic (exact) mass is 1870 g/mol. The third-order valence-electron chi connectivity index (χ3n) is 21.0. The summed E-state index contributed by atoms with van der Waals surface area (Å²) in [5.74, 6) is -67.4. The van der Waals surface area contributed by atoms with E-state index in [1.807, 2.05) is 0 Å². The molecule has 0 saturated carbocycles. The van der Waals surface area contributed by atoms with Gasteiger partial charge >= 0.3 is 59.7 Å². The van der Waals surface area contributed by atoms with Crippen LogP contribution in [0.25, 0.3) is 33.4 Å². The fourth-order valence-corrected chi connectivity index (χ4v) is 14.5. The molecule has 52 nitrogen and oxygen atoms in total. The zero-order valence-electron chi connectivity index (χ0n) is 65.6. The minimum atomic E-state index is -3.01. The number of carbonyl (C=O) groups excluding carboxylic acids is 10. The highest BCUT2D eigenvalue weighted by molar-refractivity contribution is 6.12. The van der Waals surface area contributed by atoms with Gasteiger partial charge in [0.25, 0.3) is 0 Å². The zero-order valence-corrected chi connectivity index (χ0v) is 65.6. The second-order valence-electron chi connectivity index (χ2n) is 29.0. The summed E-state index contributed by atoms with van der Waals surface area (Å²) in [5.41, 5.74) is -20.8. The van der Waals surface area contributed by atoms with Crippen molar-refractivity contribution in [2.45, 2.75) is 61.4 Å². The van der Waals surface area contributed by atoms with Gasteiger partial charge in [0, 0.05) is 45.5 Å². The van der Waals surface area contributed by atoms with Gasteiger partial charge < -0.3 is 210 Å². The predicted molar refractivity (Wildman–Crippen MR) is 414 cm³/mol. The molecule has 10 atom stereocenters. The largest absolute Gasteiger partial charge is 0.504 e. The van der Waals surface area contributed by atoms with E-state index in [2.05, 4.69) is 0 Å². The molecule has 10 aromatic carbocycles. The van der Waals surface area contributed by atoms with Crippen LogP contribution >= 0.6 is 0 Å². The number of hydrogen-bond acceptors (Lipinski definition) is 52. The summed E-state index contributed by atoms with van der Waals surface area (Å²) < 4.78 is 74.5. The predicted octanol–water partition coefficient (Wildman–Crippen LogP) is 3.71. The minimum Gasteiger partial charge on any atom is -0.504 e. The lowest BCUT2D eigenvalue weighted by Crippen LogP contribution is -2.63. The van der Waals surface area contributed by atoms with Crippen LogP contribution in [0.3, 0.4) is 0 Å². The van der Waals surface area contributed by atoms with Crippen LogP contribution in [0.15, 0.2) is 78.9 Å². The number of esters is 10. The van der Waals surface area contributed by atoms with Gasteiger partial charge in [-0.1, -0.05) is 0 Å². The Morgan fingerprint density at radius 2 is 0.567 bits per heavy atom. The Bertz CT molecular complexity index is 6800. The minimum absolute atomic E-state index is 0.0765. The van der Waals surface area contributed by atoms with Crippen molar-refractivity contribution >= 4 is 59.7 Å². The first-order valence-corrected chi connectivity index (χ1v) is 37.1. The van der Waals surface area contributed by atoms with Crippen LogP contribution in [-0.2, 0) is 56.8 Å². The van der Waals surface area contributed by atoms with Gasteiger partial charge in [-0.25, -0.2) is 47.9 Å². The van der Waals surface area contributed by atoms with Crippen LogP contribution in [0.5, 0.6) is 178 Å². The molecular weight excluding hydrogens is 1820 g/mol. The smallest absolute Gasteiger partial charge is 0.342 e. The quantitative estimate of drug-likeness (QED) is 0.0498. The van der Waals surface area contributed by atoms with Gasteiger partial charge in [-0.3, -0.25) is 0 Å². The lowest BCUT2D eigenvalue weighted by molar-refractivity contribution is -0.283. The fourth-order valence-electron chi connectivity index (χ4n) is 14.5. The molecule has 696 valence electrons. The Morgan fingerprint density at radius 1 is 0.276 bits per heavy atom. The van der Waals surface area contributed by atoms with Crippen LogP contribution in [-0.4, -0.2) is 282 Å². The number of carbonyl (C=O) groups is 10. The van der Waals surface area contributed by atoms with Crippen molar-refractivity contribution in [3.05, 3.63) is 134 Å². The molecule has 134 heavy (non-hydrogen) atoms. The maximum absolute atomic E-state index is 15.6. The Labute approximate surface area is 735 Å². The molecule has 0 aromatic heterocycles. The summed E-state index contributed by atoms with van der Waals surface area (Å²) in [6, 6.07) is 4.08. The molecule has 0 spiro atoms. The van der Waals surface area contributed by atoms with Gasteiger partial charge in [0.15, 0.2) is 157 Å². The van der Waals surface area contributed by atoms with Crippen molar-refractivity contribution in [2.75, 3.05) is 13.2 Å². The highest BCUT2D eigenvalue weighted by Gasteiger charge is 2.59. The van der Waals surface area contributed by atoms with E-state index in [9.17, 15) is 167 Å². The van der Waals surface area contributed by atoms with Gasteiger partial charge in [0.05, 0.1) is 50.1 Å². The number of cyclic esters (lactones) is 1. The first kappa shape index (κ1) is 89.6. The molecule has 5 heterocycles. The van der Waals surface area contributed by atoms with Crippen LogP contribution in [0.1, 0.15) is 104 Å². The van der Waals surface area contributed by atoms with E-state index in [1.165, 1.54) is 0 Å². The molecule has 15 rings (SSSR count). The molecule has 0 unspecified atom stereocenters. The Balaban J connectivity index is 0.865. The molecule has 0 aliphatic carbocycles. The Kier molecular flexibility index (Phi) is 22.0. The molecule has 10 aromatic rings. The van der Waals surface area contributed by atoms with E-state index < -0.39 is 402 Å². The topological polar surface area (TPSA) is 877 Å². The average molecular weight is 1870 g/mol. The van der Waals surface area contributed by atoms with Gasteiger partial charge in [-0.2, -0.15) is 0 Å². The number of phenolic OH excluding ortho intramolecular Hbond substituents is 29. The lowest BCUT2D eigenvalue weighted by atomic mass is 9.91. The standard InChI is InChI=1S/C82H56O52/c83-26-1-16(2-27(84)47(26)95)71(112)122-14-39-66(68-70(81(125-39)133-72(113)17-3-28(85)48(96)29(86)4-17)132-79(120)23-11-36(93)53(101)60(108)44(23)42-21(77(118)130-68)9-34(91)51(99)58(42)106)128-80(121)25-12-37(94)55(103)63(111)64(25)124-38-13-24-46(62(110)56(38)104)45-19(7-32(89)54(102)61(45)109)75(116)127-65-40(15-123-74(24)115)126-82(134-73(114)18-5-30(87)49(97)31(88)6-18)69-67(65)129-76(117)20-8-33(90)50(98)57(105)41(20)43-22(78(119)131-69)10-35(92)52(100)59(43)107/h1-13,39-40,65-70,81-111H,14-15H2/t39-,40+,65+,66-,67+,68-,69+,70-,81+,82-/m0/s1. The van der Waals surface area contributed by atoms with Crippen molar-refractivity contribution in [2.24, 2.45) is 0 Å². The highest BCUT2D eigenvalue weighted by Crippen LogP contribution is 2.60. The number of rotatable bonds is 11. The third-order valence-corrected chi connectivity index (χ3v) is 21.0. The zero-order chi connectivity index (χ0) is 97.5. The second kappa shape index (κ2) is 32.9. The maximum Gasteiger partial charge on any atom is 0.342 e. The van der Waals surface area contributed by atoms with Crippen LogP contribution in [0.4, 0.5) is 0 Å². The van der Waals surface area contributed by atoms with Gasteiger partial charge in [0.2, 0.25) is 70.8 Å². The molecule has 0 bridgehead atoms. The van der Waals surface area contributed by atoms with Crippen molar-refractivity contribution < 1.29 is 258 Å². The van der Waals surface area contributed by atoms with Crippen LogP contribution in [0.2, 0.25) is 0 Å². The summed E-state index contributed by atoms with van der Waals surface area (Å²) in [4.78, 5) is 149. The van der Waals surface area contributed by atoms with E-state index in [0.717, 1.165) is 0 Å². The van der Waals surface area contributed by atoms with E-state index in [4.69, 9.17) is 61.6 Å². The van der Waals surface area contributed by atoms with Gasteiger partial charge in [-0.05, 0) is 66.7 Å². The first-order chi connectivity index (χ1) is 63.1. The number of fused-ring (bicyclic) bond motifs is 13. The number of hydrogen-bond donors (Lipinski definition) is 29. The molecule has 0 amide bonds. The lowest BCUT2D eigenvalue weighted by Gasteiger charge is -2.44. The van der Waals surface area contributed by atoms with E-state index in [0.29, 0.717) is 42.5 Å². The van der Waals surface area contributed by atoms with Crippen LogP contribution in [0, 0.1) is 0 Å². The highest BCUT2D eigenvalue weighted by atomic mass is 16.8. The summed E-state index contributed by atoms with van der Waals surface area (Å²) >= 11 is 0. The van der Waals surface area contributed by atoms with Crippen LogP contribution < -0.4 is 4.74 Å². The van der Waals surface area contributed by atoms with Gasteiger partial charge in [-0.15, -0.1) is 0 Å². The molecule has 2 fully saturated rings.